The molecule has 1 heterocycles. The lowest BCUT2D eigenvalue weighted by Crippen LogP contribution is -2.24. The molecule has 0 aliphatic carbocycles. The maximum Gasteiger partial charge on any atom is 0.115 e. The maximum atomic E-state index is 6.07. The van der Waals surface area contributed by atoms with Gasteiger partial charge in [-0.15, -0.1) is 11.8 Å². The molecule has 0 amide bonds. The van der Waals surface area contributed by atoms with E-state index in [4.69, 9.17) is 11.6 Å². The topological polar surface area (TPSA) is 24.9 Å². The van der Waals surface area contributed by atoms with Crippen LogP contribution in [0.4, 0.5) is 0 Å². The van der Waals surface area contributed by atoms with Crippen molar-refractivity contribution in [1.29, 1.82) is 0 Å². The second kappa shape index (κ2) is 7.96. The average molecular weight is 273 g/mol. The number of thioether (sulfide) groups is 1. The van der Waals surface area contributed by atoms with Crippen LogP contribution in [0.5, 0.6) is 0 Å². The molecule has 1 aromatic heterocycles. The van der Waals surface area contributed by atoms with Gasteiger partial charge in [0.2, 0.25) is 0 Å². The van der Waals surface area contributed by atoms with Crippen molar-refractivity contribution in [3.63, 3.8) is 0 Å². The zero-order valence-electron chi connectivity index (χ0n) is 10.7. The third-order valence-corrected chi connectivity index (χ3v) is 3.90. The van der Waals surface area contributed by atoms with Crippen molar-refractivity contribution in [2.75, 3.05) is 13.1 Å². The first kappa shape index (κ1) is 14.8. The zero-order valence-corrected chi connectivity index (χ0v) is 12.3. The Labute approximate surface area is 114 Å². The summed E-state index contributed by atoms with van der Waals surface area (Å²) in [5.74, 6) is 0.760. The highest BCUT2D eigenvalue weighted by Crippen LogP contribution is 2.27. The fraction of sp³-hybridized carbons (Fsp3) is 0.615. The number of hydrogen-bond donors (Lipinski definition) is 1. The molecule has 1 atom stereocenters. The summed E-state index contributed by atoms with van der Waals surface area (Å²) < 4.78 is 0. The number of pyridine rings is 1. The van der Waals surface area contributed by atoms with Gasteiger partial charge in [-0.2, -0.15) is 0 Å². The summed E-state index contributed by atoms with van der Waals surface area (Å²) in [5.41, 5.74) is 0. The van der Waals surface area contributed by atoms with Crippen LogP contribution in [0.25, 0.3) is 0 Å². The smallest absolute Gasteiger partial charge is 0.115 e. The van der Waals surface area contributed by atoms with Crippen LogP contribution in [0, 0.1) is 5.92 Å². The van der Waals surface area contributed by atoms with Crippen molar-refractivity contribution >= 4 is 23.4 Å². The highest BCUT2D eigenvalue weighted by molar-refractivity contribution is 8.00. The lowest BCUT2D eigenvalue weighted by Gasteiger charge is -2.13. The first-order valence-electron chi connectivity index (χ1n) is 6.07. The van der Waals surface area contributed by atoms with Crippen LogP contribution < -0.4 is 5.32 Å². The predicted molar refractivity (Wildman–Crippen MR) is 76.9 cm³/mol. The van der Waals surface area contributed by atoms with Gasteiger partial charge in [-0.25, -0.2) is 4.98 Å². The Morgan fingerprint density at radius 2 is 2.18 bits per heavy atom. The minimum absolute atomic E-state index is 0.481. The molecule has 0 radical (unpaired) electrons. The molecule has 1 aromatic rings. The number of aromatic nitrogens is 1. The van der Waals surface area contributed by atoms with E-state index >= 15 is 0 Å². The van der Waals surface area contributed by atoms with Crippen LogP contribution in [-0.2, 0) is 0 Å². The van der Waals surface area contributed by atoms with E-state index < -0.39 is 0 Å². The fourth-order valence-corrected chi connectivity index (χ4v) is 2.53. The number of nitrogens with zero attached hydrogens (tertiary/aromatic N) is 1. The summed E-state index contributed by atoms with van der Waals surface area (Å²) in [5, 5.41) is 5.61. The number of halogens is 1. The van der Waals surface area contributed by atoms with Gasteiger partial charge in [0, 0.05) is 18.0 Å². The van der Waals surface area contributed by atoms with Crippen LogP contribution >= 0.6 is 23.4 Å². The summed E-state index contributed by atoms with van der Waals surface area (Å²) in [6, 6.07) is 3.74. The number of nitrogens with one attached hydrogen (secondary N) is 1. The Hall–Kier alpha value is -0.250. The highest BCUT2D eigenvalue weighted by Gasteiger charge is 2.08. The van der Waals surface area contributed by atoms with Gasteiger partial charge in [-0.1, -0.05) is 32.4 Å². The Kier molecular flexibility index (Phi) is 6.93. The van der Waals surface area contributed by atoms with Crippen LogP contribution in [0.15, 0.2) is 23.4 Å². The molecule has 0 saturated heterocycles. The third-order valence-electron chi connectivity index (χ3n) is 2.37. The Balaban J connectivity index is 2.25. The van der Waals surface area contributed by atoms with Gasteiger partial charge in [0.25, 0.3) is 0 Å². The third kappa shape index (κ3) is 6.29. The molecule has 0 fully saturated rings. The lowest BCUT2D eigenvalue weighted by molar-refractivity contribution is 0.539. The molecule has 0 saturated carbocycles. The molecule has 4 heteroatoms. The monoisotopic (exact) mass is 272 g/mol. The average Bonchev–Trinajstić information content (AvgIpc) is 2.27. The minimum Gasteiger partial charge on any atom is -0.316 e. The van der Waals surface area contributed by atoms with Gasteiger partial charge in [0.15, 0.2) is 0 Å². The van der Waals surface area contributed by atoms with Crippen LogP contribution in [0.3, 0.4) is 0 Å². The molecule has 1 unspecified atom stereocenters. The zero-order chi connectivity index (χ0) is 12.7. The van der Waals surface area contributed by atoms with Crippen molar-refractivity contribution in [1.82, 2.24) is 10.3 Å². The molecular weight excluding hydrogens is 252 g/mol. The van der Waals surface area contributed by atoms with E-state index in [9.17, 15) is 0 Å². The second-order valence-electron chi connectivity index (χ2n) is 4.61. The molecule has 1 N–H and O–H groups in total. The van der Waals surface area contributed by atoms with Gasteiger partial charge in [0.05, 0.1) is 5.02 Å². The van der Waals surface area contributed by atoms with Crippen molar-refractivity contribution in [2.45, 2.75) is 37.5 Å². The van der Waals surface area contributed by atoms with E-state index in [0.717, 1.165) is 29.1 Å². The summed E-state index contributed by atoms with van der Waals surface area (Å²) in [6.07, 6.45) is 3.01. The van der Waals surface area contributed by atoms with Gasteiger partial charge in [-0.05, 0) is 31.0 Å². The van der Waals surface area contributed by atoms with Crippen LogP contribution in [-0.4, -0.2) is 23.3 Å². The molecule has 0 aromatic carbocycles. The summed E-state index contributed by atoms with van der Waals surface area (Å²) in [4.78, 5) is 4.28. The van der Waals surface area contributed by atoms with E-state index in [1.54, 1.807) is 18.0 Å². The van der Waals surface area contributed by atoms with Crippen molar-refractivity contribution in [2.24, 2.45) is 5.92 Å². The van der Waals surface area contributed by atoms with Crippen molar-refractivity contribution in [3.8, 4) is 0 Å². The Morgan fingerprint density at radius 1 is 1.41 bits per heavy atom. The van der Waals surface area contributed by atoms with Crippen LogP contribution in [0.2, 0.25) is 5.02 Å². The van der Waals surface area contributed by atoms with Crippen molar-refractivity contribution < 1.29 is 0 Å². The Bertz CT molecular complexity index is 331. The highest BCUT2D eigenvalue weighted by atomic mass is 35.5. The van der Waals surface area contributed by atoms with Gasteiger partial charge >= 0.3 is 0 Å². The maximum absolute atomic E-state index is 6.07. The van der Waals surface area contributed by atoms with Gasteiger partial charge in [0.1, 0.15) is 5.03 Å². The number of rotatable bonds is 7. The quantitative estimate of drug-likeness (QED) is 0.603. The largest absolute Gasteiger partial charge is 0.316 e. The summed E-state index contributed by atoms with van der Waals surface area (Å²) >= 11 is 7.79. The van der Waals surface area contributed by atoms with E-state index in [0.29, 0.717) is 5.25 Å². The standard InChI is InChI=1S/C13H21ClN2S/c1-10(2)6-8-15-9-11(3)17-13-12(14)5-4-7-16-13/h4-5,7,10-11,15H,6,8-9H2,1-3H3. The molecule has 0 aliphatic rings. The first-order chi connectivity index (χ1) is 8.09. The molecule has 96 valence electrons. The molecule has 2 nitrogen and oxygen atoms in total. The van der Waals surface area contributed by atoms with E-state index in [-0.39, 0.29) is 0 Å². The molecule has 0 spiro atoms. The molecule has 1 rings (SSSR count). The molecule has 0 aliphatic heterocycles. The van der Waals surface area contributed by atoms with Crippen LogP contribution in [0.1, 0.15) is 27.2 Å². The fourth-order valence-electron chi connectivity index (χ4n) is 1.39. The lowest BCUT2D eigenvalue weighted by atomic mass is 10.1. The second-order valence-corrected chi connectivity index (χ2v) is 6.44. The normalized spacial score (nSPS) is 13.0. The Morgan fingerprint density at radius 3 is 2.82 bits per heavy atom. The van der Waals surface area contributed by atoms with Gasteiger partial charge in [-0.3, -0.25) is 0 Å². The number of hydrogen-bond acceptors (Lipinski definition) is 3. The molecule has 17 heavy (non-hydrogen) atoms. The van der Waals surface area contributed by atoms with E-state index in [1.165, 1.54) is 6.42 Å². The van der Waals surface area contributed by atoms with E-state index in [1.807, 2.05) is 12.1 Å². The first-order valence-corrected chi connectivity index (χ1v) is 7.33. The predicted octanol–water partition coefficient (Wildman–Crippen LogP) is 3.85. The SMILES string of the molecule is CC(C)CCNCC(C)Sc1ncccc1Cl. The van der Waals surface area contributed by atoms with E-state index in [2.05, 4.69) is 31.1 Å². The summed E-state index contributed by atoms with van der Waals surface area (Å²) in [7, 11) is 0. The summed E-state index contributed by atoms with van der Waals surface area (Å²) in [6.45, 7) is 8.75. The minimum atomic E-state index is 0.481. The van der Waals surface area contributed by atoms with Gasteiger partial charge < -0.3 is 5.32 Å². The molecule has 0 bridgehead atoms. The van der Waals surface area contributed by atoms with Crippen molar-refractivity contribution in [3.05, 3.63) is 23.4 Å². The molecular formula is C13H21ClN2S.